The summed E-state index contributed by atoms with van der Waals surface area (Å²) in [5, 5.41) is 17.7. The van der Waals surface area contributed by atoms with E-state index in [0.29, 0.717) is 17.8 Å². The Balaban J connectivity index is 1.03. The summed E-state index contributed by atoms with van der Waals surface area (Å²) in [7, 11) is 0. The average molecular weight is 833 g/mol. The Bertz CT molecular complexity index is 2130. The molecule has 2 unspecified atom stereocenters. The van der Waals surface area contributed by atoms with Crippen molar-refractivity contribution in [3.8, 4) is 6.07 Å². The third kappa shape index (κ3) is 9.53. The van der Waals surface area contributed by atoms with Crippen LogP contribution < -0.4 is 25.8 Å². The molecule has 0 spiro atoms. The molecule has 4 amide bonds. The van der Waals surface area contributed by atoms with E-state index in [-0.39, 0.29) is 48.5 Å². The average Bonchev–Trinajstić information content (AvgIpc) is 3.35. The lowest BCUT2D eigenvalue weighted by Crippen LogP contribution is -2.58. The maximum absolute atomic E-state index is 13.8. The molecule has 3 aromatic rings. The van der Waals surface area contributed by atoms with Crippen LogP contribution in [0.5, 0.6) is 0 Å². The number of nitrogens with zero attached hydrogens (tertiary/aromatic N) is 5. The monoisotopic (exact) mass is 832 g/mol. The van der Waals surface area contributed by atoms with Gasteiger partial charge in [-0.1, -0.05) is 19.1 Å². The highest BCUT2D eigenvalue weighted by atomic mass is 32.1. The zero-order chi connectivity index (χ0) is 42.8. The first-order valence-corrected chi connectivity index (χ1v) is 20.4. The highest BCUT2D eigenvalue weighted by Gasteiger charge is 2.52. The summed E-state index contributed by atoms with van der Waals surface area (Å²) in [4.78, 5) is 58.3. The van der Waals surface area contributed by atoms with E-state index < -0.39 is 40.3 Å². The number of carbonyl (C=O) groups excluding carboxylic acids is 4. The number of thiol groups is 1. The van der Waals surface area contributed by atoms with Crippen LogP contribution >= 0.6 is 12.6 Å². The molecule has 3 saturated heterocycles. The van der Waals surface area contributed by atoms with Crippen molar-refractivity contribution >= 4 is 59.0 Å². The number of hydrogen-bond acceptors (Lipinski definition) is 10. The fourth-order valence-electron chi connectivity index (χ4n) is 8.50. The number of nitriles is 1. The topological polar surface area (TPSA) is 141 Å². The van der Waals surface area contributed by atoms with Crippen LogP contribution in [0.4, 0.5) is 35.9 Å². The number of alkyl halides is 3. The van der Waals surface area contributed by atoms with Crippen molar-refractivity contribution in [2.75, 3.05) is 46.6 Å². The van der Waals surface area contributed by atoms with Crippen LogP contribution in [0.15, 0.2) is 60.7 Å². The molecule has 0 radical (unpaired) electrons. The van der Waals surface area contributed by atoms with E-state index in [1.54, 1.807) is 38.1 Å². The maximum Gasteiger partial charge on any atom is 0.417 e. The molecule has 6 rings (SSSR count). The van der Waals surface area contributed by atoms with Gasteiger partial charge in [-0.25, -0.2) is 0 Å². The normalized spacial score (nSPS) is 22.6. The quantitative estimate of drug-likeness (QED) is 0.125. The summed E-state index contributed by atoms with van der Waals surface area (Å²) in [6.07, 6.45) is -1.61. The summed E-state index contributed by atoms with van der Waals surface area (Å²) in [5.74, 6) is -1.18. The molecule has 16 heteroatoms. The van der Waals surface area contributed by atoms with Crippen LogP contribution in [0.2, 0.25) is 0 Å². The van der Waals surface area contributed by atoms with Crippen LogP contribution in [-0.2, 0) is 38.2 Å². The molecule has 0 bridgehead atoms. The third-order valence-corrected chi connectivity index (χ3v) is 12.0. The molecule has 59 heavy (non-hydrogen) atoms. The minimum absolute atomic E-state index is 0.0147. The van der Waals surface area contributed by atoms with Gasteiger partial charge in [0.15, 0.2) is 5.50 Å². The van der Waals surface area contributed by atoms with E-state index in [0.717, 1.165) is 62.3 Å². The number of rotatable bonds is 12. The predicted molar refractivity (Wildman–Crippen MR) is 224 cm³/mol. The number of carbonyl (C=O) groups is 4. The first-order chi connectivity index (χ1) is 27.9. The smallest absolute Gasteiger partial charge is 0.374 e. The van der Waals surface area contributed by atoms with Crippen molar-refractivity contribution in [3.05, 3.63) is 82.9 Å². The molecule has 3 aliphatic rings. The van der Waals surface area contributed by atoms with Crippen molar-refractivity contribution in [1.29, 1.82) is 5.26 Å². The van der Waals surface area contributed by atoms with E-state index in [2.05, 4.69) is 52.6 Å². The molecule has 0 aromatic heterocycles. The molecule has 314 valence electrons. The molecule has 3 N–H and O–H groups in total. The van der Waals surface area contributed by atoms with Crippen LogP contribution in [-0.4, -0.2) is 88.8 Å². The molecule has 0 saturated carbocycles. The van der Waals surface area contributed by atoms with Gasteiger partial charge in [0.2, 0.25) is 17.7 Å². The van der Waals surface area contributed by atoms with Crippen molar-refractivity contribution in [3.63, 3.8) is 0 Å². The van der Waals surface area contributed by atoms with Crippen LogP contribution in [0.25, 0.3) is 0 Å². The van der Waals surface area contributed by atoms with Crippen LogP contribution in [0.3, 0.4) is 0 Å². The summed E-state index contributed by atoms with van der Waals surface area (Å²) in [5.41, 5.74) is 0.695. The van der Waals surface area contributed by atoms with Gasteiger partial charge < -0.3 is 20.4 Å². The SMILES string of the molecule is CCc1cc(N2C(S)N(c3ccc(C#N)c(C(F)(F)F)c3)C(=O)C2(C)C)ccc1CCCN1C[C@@H](C)N(CC(=O)Nc2cccc(NC3CCC(=O)NC3=O)c2)[C@@H](C)C1. The lowest BCUT2D eigenvalue weighted by molar-refractivity contribution is -0.138. The fraction of sp³-hybridized carbons (Fsp3) is 0.465. The Labute approximate surface area is 348 Å². The number of amides is 4. The molecule has 12 nitrogen and oxygen atoms in total. The fourth-order valence-corrected chi connectivity index (χ4v) is 9.16. The predicted octanol–water partition coefficient (Wildman–Crippen LogP) is 6.17. The third-order valence-electron chi connectivity index (χ3n) is 11.5. The maximum atomic E-state index is 13.8. The lowest BCUT2D eigenvalue weighted by atomic mass is 9.97. The first-order valence-electron chi connectivity index (χ1n) is 19.9. The van der Waals surface area contributed by atoms with E-state index >= 15 is 0 Å². The van der Waals surface area contributed by atoms with Crippen LogP contribution in [0, 0.1) is 11.3 Å². The minimum Gasteiger partial charge on any atom is -0.374 e. The molecule has 4 atom stereocenters. The Kier molecular flexibility index (Phi) is 13.0. The van der Waals surface area contributed by atoms with E-state index in [1.165, 1.54) is 16.5 Å². The number of nitrogens with one attached hydrogen (secondary N) is 3. The van der Waals surface area contributed by atoms with Gasteiger partial charge in [0, 0.05) is 54.3 Å². The highest BCUT2D eigenvalue weighted by molar-refractivity contribution is 7.81. The number of aryl methyl sites for hydroxylation is 2. The van der Waals surface area contributed by atoms with Gasteiger partial charge in [-0.2, -0.15) is 18.4 Å². The van der Waals surface area contributed by atoms with Gasteiger partial charge in [0.05, 0.1) is 23.7 Å². The Morgan fingerprint density at radius 1 is 0.983 bits per heavy atom. The van der Waals surface area contributed by atoms with Gasteiger partial charge in [-0.05, 0) is 120 Å². The Morgan fingerprint density at radius 2 is 1.68 bits per heavy atom. The minimum atomic E-state index is -4.77. The molecular weight excluding hydrogens is 782 g/mol. The highest BCUT2D eigenvalue weighted by Crippen LogP contribution is 2.43. The standard InChI is InChI=1S/C43H51F3N8O4S/c1-6-28-19-34(54-41(59)53(40(58)42(54,4)5)33-14-13-30(22-47)35(21-33)43(44,45)46)15-12-29(28)9-8-18-51-23-26(2)52(27(3)24-51)25-38(56)49-32-11-7-10-31(20-32)48-36-16-17-37(55)50-39(36)57/h7,10-15,19-21,26-27,36,41,48,59H,6,8-9,16-18,23-25H2,1-5H3,(H,49,56)(H,50,55,57)/t26-,27+,36?,41?. The number of imide groups is 1. The number of piperazine rings is 1. The van der Waals surface area contributed by atoms with Crippen molar-refractivity contribution in [2.24, 2.45) is 0 Å². The number of anilines is 4. The van der Waals surface area contributed by atoms with E-state index in [4.69, 9.17) is 12.6 Å². The number of halogens is 3. The second-order valence-corrected chi connectivity index (χ2v) is 16.6. The first kappa shape index (κ1) is 43.5. The largest absolute Gasteiger partial charge is 0.417 e. The molecular formula is C43H51F3N8O4S. The van der Waals surface area contributed by atoms with Gasteiger partial charge in [0.25, 0.3) is 5.91 Å². The number of hydrogen-bond donors (Lipinski definition) is 4. The Hall–Kier alpha value is -5.11. The number of piperidine rings is 1. The van der Waals surface area contributed by atoms with Gasteiger partial charge in [-0.3, -0.25) is 34.3 Å². The summed E-state index contributed by atoms with van der Waals surface area (Å²) in [6, 6.07) is 17.8. The molecule has 3 heterocycles. The van der Waals surface area contributed by atoms with Gasteiger partial charge in [-0.15, -0.1) is 12.6 Å². The summed E-state index contributed by atoms with van der Waals surface area (Å²) in [6.45, 7) is 12.5. The van der Waals surface area contributed by atoms with E-state index in [9.17, 15) is 37.6 Å². The van der Waals surface area contributed by atoms with Gasteiger partial charge in [0.1, 0.15) is 11.6 Å². The molecule has 3 aliphatic heterocycles. The second kappa shape index (κ2) is 17.6. The zero-order valence-corrected chi connectivity index (χ0v) is 34.8. The number of benzene rings is 3. The summed E-state index contributed by atoms with van der Waals surface area (Å²) >= 11 is 4.76. The molecule has 3 aromatic carbocycles. The Morgan fingerprint density at radius 3 is 2.34 bits per heavy atom. The zero-order valence-electron chi connectivity index (χ0n) is 33.9. The van der Waals surface area contributed by atoms with Crippen molar-refractivity contribution < 1.29 is 32.3 Å². The van der Waals surface area contributed by atoms with Crippen molar-refractivity contribution in [2.45, 2.75) is 102 Å². The second-order valence-electron chi connectivity index (χ2n) is 16.1. The molecule has 3 fully saturated rings. The summed E-state index contributed by atoms with van der Waals surface area (Å²) < 4.78 is 41.4. The van der Waals surface area contributed by atoms with E-state index in [1.807, 2.05) is 23.1 Å². The van der Waals surface area contributed by atoms with Crippen LogP contribution in [0.1, 0.15) is 76.1 Å². The lowest BCUT2D eigenvalue weighted by Gasteiger charge is -2.44. The van der Waals surface area contributed by atoms with Crippen molar-refractivity contribution in [1.82, 2.24) is 15.1 Å². The molecule has 0 aliphatic carbocycles. The van der Waals surface area contributed by atoms with Gasteiger partial charge >= 0.3 is 6.18 Å².